The number of amides is 1. The van der Waals surface area contributed by atoms with Gasteiger partial charge in [-0.05, 0) is 32.4 Å². The van der Waals surface area contributed by atoms with E-state index in [0.29, 0.717) is 6.42 Å². The third kappa shape index (κ3) is 5.44. The lowest BCUT2D eigenvalue weighted by Crippen LogP contribution is -2.34. The molecule has 0 saturated carbocycles. The molecule has 0 radical (unpaired) electrons. The smallest absolute Gasteiger partial charge is 0.221 e. The van der Waals surface area contributed by atoms with Crippen molar-refractivity contribution in [3.63, 3.8) is 0 Å². The van der Waals surface area contributed by atoms with E-state index in [1.807, 2.05) is 19.4 Å². The van der Waals surface area contributed by atoms with Gasteiger partial charge in [0.2, 0.25) is 5.91 Å². The number of rotatable bonds is 6. The third-order valence-electron chi connectivity index (χ3n) is 4.47. The summed E-state index contributed by atoms with van der Waals surface area (Å²) in [5.74, 6) is 0.151. The molecule has 2 rings (SSSR count). The van der Waals surface area contributed by atoms with Crippen LogP contribution < -0.4 is 5.32 Å². The van der Waals surface area contributed by atoms with Gasteiger partial charge in [-0.15, -0.1) is 0 Å². The molecule has 1 fully saturated rings. The van der Waals surface area contributed by atoms with Crippen molar-refractivity contribution in [2.75, 3.05) is 19.6 Å². The molecule has 0 spiro atoms. The first-order chi connectivity index (χ1) is 10.7. The number of likely N-dealkylation sites (tertiary alicyclic amines) is 1. The predicted molar refractivity (Wildman–Crippen MR) is 88.5 cm³/mol. The number of aromatic nitrogens is 2. The second-order valence-electron chi connectivity index (χ2n) is 6.34. The van der Waals surface area contributed by atoms with Crippen LogP contribution in [-0.2, 0) is 11.8 Å². The maximum Gasteiger partial charge on any atom is 0.221 e. The van der Waals surface area contributed by atoms with Crippen molar-refractivity contribution in [3.05, 3.63) is 18.0 Å². The van der Waals surface area contributed by atoms with Crippen molar-refractivity contribution < 1.29 is 4.79 Å². The monoisotopic (exact) mass is 306 g/mol. The summed E-state index contributed by atoms with van der Waals surface area (Å²) in [4.78, 5) is 14.7. The molecule has 1 aromatic rings. The van der Waals surface area contributed by atoms with E-state index in [4.69, 9.17) is 0 Å². The molecular formula is C17H30N4O. The Labute approximate surface area is 134 Å². The second kappa shape index (κ2) is 8.93. The first-order valence-corrected chi connectivity index (χ1v) is 8.69. The highest BCUT2D eigenvalue weighted by Crippen LogP contribution is 2.15. The van der Waals surface area contributed by atoms with Crippen molar-refractivity contribution in [1.82, 2.24) is 20.0 Å². The minimum atomic E-state index is 0.0773. The minimum Gasteiger partial charge on any atom is -0.349 e. The van der Waals surface area contributed by atoms with Crippen LogP contribution in [0.25, 0.3) is 0 Å². The molecule has 1 aliphatic rings. The number of aryl methyl sites for hydroxylation is 1. The lowest BCUT2D eigenvalue weighted by Gasteiger charge is -2.24. The summed E-state index contributed by atoms with van der Waals surface area (Å²) in [5, 5.41) is 7.33. The average molecular weight is 306 g/mol. The quantitative estimate of drug-likeness (QED) is 0.879. The van der Waals surface area contributed by atoms with Gasteiger partial charge in [0.1, 0.15) is 0 Å². The van der Waals surface area contributed by atoms with Crippen molar-refractivity contribution >= 4 is 5.91 Å². The van der Waals surface area contributed by atoms with Crippen molar-refractivity contribution in [2.24, 2.45) is 7.05 Å². The molecule has 0 aromatic carbocycles. The second-order valence-corrected chi connectivity index (χ2v) is 6.34. The molecule has 1 atom stereocenters. The van der Waals surface area contributed by atoms with Crippen LogP contribution in [0.5, 0.6) is 0 Å². The zero-order valence-corrected chi connectivity index (χ0v) is 14.1. The van der Waals surface area contributed by atoms with Crippen LogP contribution >= 0.6 is 0 Å². The van der Waals surface area contributed by atoms with Crippen LogP contribution in [0.3, 0.4) is 0 Å². The van der Waals surface area contributed by atoms with Gasteiger partial charge in [0.15, 0.2) is 0 Å². The van der Waals surface area contributed by atoms with Crippen LogP contribution in [-0.4, -0.2) is 40.2 Å². The van der Waals surface area contributed by atoms with Crippen LogP contribution in [0.2, 0.25) is 0 Å². The van der Waals surface area contributed by atoms with E-state index in [2.05, 4.69) is 22.2 Å². The van der Waals surface area contributed by atoms with Crippen LogP contribution in [0.1, 0.15) is 63.5 Å². The lowest BCUT2D eigenvalue weighted by atomic mass is 10.1. The summed E-state index contributed by atoms with van der Waals surface area (Å²) < 4.78 is 1.78. The minimum absolute atomic E-state index is 0.0773. The number of carbonyl (C=O) groups excluding carboxylic acids is 1. The molecule has 0 bridgehead atoms. The molecule has 124 valence electrons. The molecule has 5 nitrogen and oxygen atoms in total. The molecule has 1 saturated heterocycles. The standard InChI is InChI=1S/C17H30N4O/c1-3-16(15-13-18-20(2)14-15)19-17(22)9-12-21-10-7-5-4-6-8-11-21/h13-14,16H,3-12H2,1-2H3,(H,19,22)/t16-/m0/s1. The van der Waals surface area contributed by atoms with Crippen molar-refractivity contribution in [3.8, 4) is 0 Å². The van der Waals surface area contributed by atoms with Gasteiger partial charge < -0.3 is 10.2 Å². The summed E-state index contributed by atoms with van der Waals surface area (Å²) >= 11 is 0. The molecule has 2 heterocycles. The predicted octanol–water partition coefficient (Wildman–Crippen LogP) is 2.64. The normalized spacial score (nSPS) is 18.5. The number of carbonyl (C=O) groups is 1. The van der Waals surface area contributed by atoms with Gasteiger partial charge in [-0.2, -0.15) is 5.10 Å². The zero-order chi connectivity index (χ0) is 15.8. The highest BCUT2D eigenvalue weighted by atomic mass is 16.1. The van der Waals surface area contributed by atoms with Gasteiger partial charge in [-0.25, -0.2) is 0 Å². The van der Waals surface area contributed by atoms with Crippen LogP contribution in [0.15, 0.2) is 12.4 Å². The maximum absolute atomic E-state index is 12.2. The molecular weight excluding hydrogens is 276 g/mol. The highest BCUT2D eigenvalue weighted by molar-refractivity contribution is 5.76. The molecule has 1 aromatic heterocycles. The Morgan fingerprint density at radius 3 is 2.55 bits per heavy atom. The molecule has 1 amide bonds. The van der Waals surface area contributed by atoms with E-state index in [-0.39, 0.29) is 11.9 Å². The molecule has 0 unspecified atom stereocenters. The van der Waals surface area contributed by atoms with Gasteiger partial charge in [-0.1, -0.05) is 26.2 Å². The Bertz CT molecular complexity index is 449. The summed E-state index contributed by atoms with van der Waals surface area (Å²) in [6.07, 6.45) is 11.9. The summed E-state index contributed by atoms with van der Waals surface area (Å²) in [5.41, 5.74) is 1.09. The van der Waals surface area contributed by atoms with E-state index in [1.165, 1.54) is 32.1 Å². The summed E-state index contributed by atoms with van der Waals surface area (Å²) in [6, 6.07) is 0.0773. The Balaban J connectivity index is 1.76. The van der Waals surface area contributed by atoms with E-state index in [1.54, 1.807) is 4.68 Å². The van der Waals surface area contributed by atoms with E-state index < -0.39 is 0 Å². The van der Waals surface area contributed by atoms with Crippen LogP contribution in [0.4, 0.5) is 0 Å². The summed E-state index contributed by atoms with van der Waals surface area (Å²) in [6.45, 7) is 5.27. The molecule has 0 aliphatic carbocycles. The average Bonchev–Trinajstić information content (AvgIpc) is 2.90. The van der Waals surface area contributed by atoms with Crippen molar-refractivity contribution in [2.45, 2.75) is 57.9 Å². The Morgan fingerprint density at radius 1 is 1.27 bits per heavy atom. The Hall–Kier alpha value is -1.36. The largest absolute Gasteiger partial charge is 0.349 e. The first-order valence-electron chi connectivity index (χ1n) is 8.69. The maximum atomic E-state index is 12.2. The fourth-order valence-electron chi connectivity index (χ4n) is 3.10. The van der Waals surface area contributed by atoms with Gasteiger partial charge >= 0.3 is 0 Å². The van der Waals surface area contributed by atoms with Crippen molar-refractivity contribution in [1.29, 1.82) is 0 Å². The van der Waals surface area contributed by atoms with E-state index >= 15 is 0 Å². The van der Waals surface area contributed by atoms with E-state index in [9.17, 15) is 4.79 Å². The van der Waals surface area contributed by atoms with Crippen LogP contribution in [0, 0.1) is 0 Å². The summed E-state index contributed by atoms with van der Waals surface area (Å²) in [7, 11) is 1.90. The number of nitrogens with one attached hydrogen (secondary N) is 1. The lowest BCUT2D eigenvalue weighted by molar-refractivity contribution is -0.122. The molecule has 5 heteroatoms. The Kier molecular flexibility index (Phi) is 6.90. The number of nitrogens with zero attached hydrogens (tertiary/aromatic N) is 3. The zero-order valence-electron chi connectivity index (χ0n) is 14.1. The molecule has 1 N–H and O–H groups in total. The number of hydrogen-bond donors (Lipinski definition) is 1. The third-order valence-corrected chi connectivity index (χ3v) is 4.47. The highest BCUT2D eigenvalue weighted by Gasteiger charge is 2.15. The Morgan fingerprint density at radius 2 is 1.95 bits per heavy atom. The van der Waals surface area contributed by atoms with Gasteiger partial charge in [0, 0.05) is 31.8 Å². The molecule has 1 aliphatic heterocycles. The topological polar surface area (TPSA) is 50.2 Å². The van der Waals surface area contributed by atoms with E-state index in [0.717, 1.165) is 31.6 Å². The SMILES string of the molecule is CC[C@H](NC(=O)CCN1CCCCCCC1)c1cnn(C)c1. The van der Waals surface area contributed by atoms with Gasteiger partial charge in [-0.3, -0.25) is 9.48 Å². The fourth-order valence-corrected chi connectivity index (χ4v) is 3.10. The first kappa shape index (κ1) is 17.0. The fraction of sp³-hybridized carbons (Fsp3) is 0.765. The molecule has 22 heavy (non-hydrogen) atoms. The van der Waals surface area contributed by atoms with Gasteiger partial charge in [0.25, 0.3) is 0 Å². The number of hydrogen-bond acceptors (Lipinski definition) is 3. The van der Waals surface area contributed by atoms with Gasteiger partial charge in [0.05, 0.1) is 12.2 Å².